The maximum Gasteiger partial charge on any atom is 0.234 e. The summed E-state index contributed by atoms with van der Waals surface area (Å²) in [6.45, 7) is 4.46. The van der Waals surface area contributed by atoms with Gasteiger partial charge in [-0.3, -0.25) is 19.2 Å². The van der Waals surface area contributed by atoms with Gasteiger partial charge in [0.1, 0.15) is 12.7 Å². The van der Waals surface area contributed by atoms with Crippen molar-refractivity contribution >= 4 is 11.8 Å². The SMILES string of the molecule is CC(=O)NCCNC(=O)CN1CCCCC1Cn1cncn1. The summed E-state index contributed by atoms with van der Waals surface area (Å²) >= 11 is 0. The number of rotatable bonds is 7. The average molecular weight is 308 g/mol. The highest BCUT2D eigenvalue weighted by molar-refractivity contribution is 5.78. The number of hydrogen-bond donors (Lipinski definition) is 2. The van der Waals surface area contributed by atoms with Crippen molar-refractivity contribution in [1.29, 1.82) is 0 Å². The number of carbonyl (C=O) groups is 2. The zero-order valence-electron chi connectivity index (χ0n) is 13.0. The Hall–Kier alpha value is -1.96. The standard InChI is InChI=1S/C14H24N6O2/c1-12(21)16-5-6-17-14(22)9-19-7-3-2-4-13(19)8-20-11-15-10-18-20/h10-11,13H,2-9H2,1H3,(H,16,21)(H,17,22). The first-order chi connectivity index (χ1) is 10.6. The Balaban J connectivity index is 1.75. The maximum atomic E-state index is 12.0. The molecule has 1 aliphatic heterocycles. The molecule has 8 nitrogen and oxygen atoms in total. The lowest BCUT2D eigenvalue weighted by molar-refractivity contribution is -0.123. The highest BCUT2D eigenvalue weighted by Gasteiger charge is 2.24. The van der Waals surface area contributed by atoms with Crippen molar-refractivity contribution in [2.75, 3.05) is 26.2 Å². The molecule has 1 atom stereocenters. The molecule has 1 unspecified atom stereocenters. The molecule has 0 radical (unpaired) electrons. The lowest BCUT2D eigenvalue weighted by Crippen LogP contribution is -2.48. The lowest BCUT2D eigenvalue weighted by Gasteiger charge is -2.35. The minimum absolute atomic E-state index is 0.00385. The van der Waals surface area contributed by atoms with Crippen LogP contribution in [0.3, 0.4) is 0 Å². The highest BCUT2D eigenvalue weighted by atomic mass is 16.2. The number of piperidine rings is 1. The Kier molecular flexibility index (Phi) is 6.32. The van der Waals surface area contributed by atoms with E-state index in [0.717, 1.165) is 25.9 Å². The molecule has 2 heterocycles. The first-order valence-electron chi connectivity index (χ1n) is 7.73. The number of nitrogens with zero attached hydrogens (tertiary/aromatic N) is 4. The topological polar surface area (TPSA) is 92.2 Å². The van der Waals surface area contributed by atoms with Crippen molar-refractivity contribution < 1.29 is 9.59 Å². The Morgan fingerprint density at radius 1 is 1.27 bits per heavy atom. The Morgan fingerprint density at radius 3 is 2.82 bits per heavy atom. The Bertz CT molecular complexity index is 476. The zero-order chi connectivity index (χ0) is 15.8. The highest BCUT2D eigenvalue weighted by Crippen LogP contribution is 2.17. The molecular formula is C14H24N6O2. The third kappa shape index (κ3) is 5.44. The van der Waals surface area contributed by atoms with Gasteiger partial charge in [0.2, 0.25) is 11.8 Å². The van der Waals surface area contributed by atoms with Crippen molar-refractivity contribution in [3.8, 4) is 0 Å². The number of hydrogen-bond acceptors (Lipinski definition) is 5. The van der Waals surface area contributed by atoms with Crippen LogP contribution < -0.4 is 10.6 Å². The van der Waals surface area contributed by atoms with Gasteiger partial charge in [-0.2, -0.15) is 5.10 Å². The van der Waals surface area contributed by atoms with Crippen molar-refractivity contribution in [2.24, 2.45) is 0 Å². The number of carbonyl (C=O) groups excluding carboxylic acids is 2. The van der Waals surface area contributed by atoms with Gasteiger partial charge < -0.3 is 10.6 Å². The van der Waals surface area contributed by atoms with Crippen LogP contribution in [0.5, 0.6) is 0 Å². The molecule has 1 aromatic rings. The van der Waals surface area contributed by atoms with Crippen LogP contribution in [0.1, 0.15) is 26.2 Å². The summed E-state index contributed by atoms with van der Waals surface area (Å²) in [5, 5.41) is 9.63. The van der Waals surface area contributed by atoms with E-state index < -0.39 is 0 Å². The molecule has 0 bridgehead atoms. The fourth-order valence-corrected chi connectivity index (χ4v) is 2.70. The van der Waals surface area contributed by atoms with Gasteiger partial charge >= 0.3 is 0 Å². The maximum absolute atomic E-state index is 12.0. The Labute approximate surface area is 130 Å². The molecule has 0 aromatic carbocycles. The van der Waals surface area contributed by atoms with Crippen LogP contribution in [0.2, 0.25) is 0 Å². The van der Waals surface area contributed by atoms with Crippen LogP contribution in [0.25, 0.3) is 0 Å². The summed E-state index contributed by atoms with van der Waals surface area (Å²) in [5.74, 6) is -0.0889. The zero-order valence-corrected chi connectivity index (χ0v) is 13.0. The van der Waals surface area contributed by atoms with E-state index in [2.05, 4.69) is 25.6 Å². The summed E-state index contributed by atoms with van der Waals surface area (Å²) in [6, 6.07) is 0.316. The molecule has 1 saturated heterocycles. The minimum Gasteiger partial charge on any atom is -0.355 e. The fourth-order valence-electron chi connectivity index (χ4n) is 2.70. The summed E-state index contributed by atoms with van der Waals surface area (Å²) in [6.07, 6.45) is 6.61. The molecule has 1 fully saturated rings. The third-order valence-electron chi connectivity index (χ3n) is 3.78. The lowest BCUT2D eigenvalue weighted by atomic mass is 10.0. The quantitative estimate of drug-likeness (QED) is 0.655. The fraction of sp³-hybridized carbons (Fsp3) is 0.714. The van der Waals surface area contributed by atoms with E-state index >= 15 is 0 Å². The Morgan fingerprint density at radius 2 is 2.09 bits per heavy atom. The molecule has 1 aromatic heterocycles. The van der Waals surface area contributed by atoms with Gasteiger partial charge in [-0.1, -0.05) is 6.42 Å². The van der Waals surface area contributed by atoms with E-state index in [1.54, 1.807) is 6.33 Å². The van der Waals surface area contributed by atoms with E-state index in [1.165, 1.54) is 19.7 Å². The molecule has 8 heteroatoms. The van der Waals surface area contributed by atoms with Gasteiger partial charge in [-0.15, -0.1) is 0 Å². The molecule has 0 saturated carbocycles. The van der Waals surface area contributed by atoms with Crippen molar-refractivity contribution in [1.82, 2.24) is 30.3 Å². The predicted octanol–water partition coefficient (Wildman–Crippen LogP) is -0.615. The average Bonchev–Trinajstić information content (AvgIpc) is 2.98. The minimum atomic E-state index is -0.0850. The van der Waals surface area contributed by atoms with Gasteiger partial charge in [0.05, 0.1) is 13.1 Å². The first-order valence-corrected chi connectivity index (χ1v) is 7.73. The molecule has 0 aliphatic carbocycles. The van der Waals surface area contributed by atoms with Gasteiger partial charge in [-0.25, -0.2) is 4.98 Å². The summed E-state index contributed by atoms with van der Waals surface area (Å²) in [4.78, 5) is 28.9. The van der Waals surface area contributed by atoms with Gasteiger partial charge in [0.25, 0.3) is 0 Å². The van der Waals surface area contributed by atoms with E-state index in [0.29, 0.717) is 25.7 Å². The second-order valence-electron chi connectivity index (χ2n) is 5.57. The number of aromatic nitrogens is 3. The van der Waals surface area contributed by atoms with E-state index in [1.807, 2.05) is 4.68 Å². The number of likely N-dealkylation sites (tertiary alicyclic amines) is 1. The monoisotopic (exact) mass is 308 g/mol. The molecule has 2 N–H and O–H groups in total. The first kappa shape index (κ1) is 16.4. The summed E-state index contributed by atoms with van der Waals surface area (Å²) in [7, 11) is 0. The predicted molar refractivity (Wildman–Crippen MR) is 80.9 cm³/mol. The second kappa shape index (κ2) is 8.47. The largest absolute Gasteiger partial charge is 0.355 e. The third-order valence-corrected chi connectivity index (χ3v) is 3.78. The van der Waals surface area contributed by atoms with Crippen LogP contribution in [-0.4, -0.2) is 63.7 Å². The van der Waals surface area contributed by atoms with Crippen molar-refractivity contribution in [2.45, 2.75) is 38.8 Å². The molecular weight excluding hydrogens is 284 g/mol. The van der Waals surface area contributed by atoms with E-state index in [9.17, 15) is 9.59 Å². The van der Waals surface area contributed by atoms with Gasteiger partial charge in [-0.05, 0) is 19.4 Å². The number of nitrogens with one attached hydrogen (secondary N) is 2. The molecule has 122 valence electrons. The second-order valence-corrected chi connectivity index (χ2v) is 5.57. The summed E-state index contributed by atoms with van der Waals surface area (Å²) < 4.78 is 1.82. The van der Waals surface area contributed by atoms with Crippen molar-refractivity contribution in [3.05, 3.63) is 12.7 Å². The normalized spacial score (nSPS) is 18.9. The van der Waals surface area contributed by atoms with Crippen LogP contribution >= 0.6 is 0 Å². The van der Waals surface area contributed by atoms with Gasteiger partial charge in [0, 0.05) is 26.1 Å². The summed E-state index contributed by atoms with van der Waals surface area (Å²) in [5.41, 5.74) is 0. The van der Waals surface area contributed by atoms with Crippen LogP contribution in [-0.2, 0) is 16.1 Å². The van der Waals surface area contributed by atoms with Crippen LogP contribution in [0.15, 0.2) is 12.7 Å². The molecule has 1 aliphatic rings. The van der Waals surface area contributed by atoms with E-state index in [-0.39, 0.29) is 11.8 Å². The number of amides is 2. The smallest absolute Gasteiger partial charge is 0.234 e. The molecule has 0 spiro atoms. The molecule has 2 rings (SSSR count). The van der Waals surface area contributed by atoms with Crippen LogP contribution in [0, 0.1) is 0 Å². The van der Waals surface area contributed by atoms with Crippen LogP contribution in [0.4, 0.5) is 0 Å². The van der Waals surface area contributed by atoms with Crippen molar-refractivity contribution in [3.63, 3.8) is 0 Å². The molecule has 2 amide bonds. The molecule has 22 heavy (non-hydrogen) atoms. The van der Waals surface area contributed by atoms with Gasteiger partial charge in [0.15, 0.2) is 0 Å². The van der Waals surface area contributed by atoms with E-state index in [4.69, 9.17) is 0 Å².